The predicted octanol–water partition coefficient (Wildman–Crippen LogP) is 3.70. The van der Waals surface area contributed by atoms with Gasteiger partial charge in [-0.3, -0.25) is 4.79 Å². The van der Waals surface area contributed by atoms with Crippen molar-refractivity contribution in [1.29, 1.82) is 0 Å². The normalized spacial score (nSPS) is 10.3. The number of hydrogen-bond donors (Lipinski definition) is 1. The first-order valence-corrected chi connectivity index (χ1v) is 6.83. The Labute approximate surface area is 123 Å². The minimum Gasteiger partial charge on any atom is -0.352 e. The summed E-state index contributed by atoms with van der Waals surface area (Å²) in [4.78, 5) is 11.8. The van der Waals surface area contributed by atoms with E-state index in [9.17, 15) is 13.6 Å². The highest BCUT2D eigenvalue weighted by molar-refractivity contribution is 9.10. The molecule has 0 aromatic heterocycles. The van der Waals surface area contributed by atoms with Gasteiger partial charge in [0.25, 0.3) is 5.91 Å². The number of carbonyl (C=O) groups is 1. The molecule has 0 atom stereocenters. The van der Waals surface area contributed by atoms with E-state index in [0.717, 1.165) is 5.56 Å². The van der Waals surface area contributed by atoms with E-state index in [1.807, 2.05) is 0 Å². The summed E-state index contributed by atoms with van der Waals surface area (Å²) in [6.07, 6.45) is 0.606. The molecular weight excluding hydrogens is 328 g/mol. The van der Waals surface area contributed by atoms with Crippen molar-refractivity contribution in [3.05, 3.63) is 69.7 Å². The van der Waals surface area contributed by atoms with Crippen molar-refractivity contribution in [2.24, 2.45) is 0 Å². The van der Waals surface area contributed by atoms with Gasteiger partial charge in [-0.05, 0) is 58.2 Å². The fourth-order valence-corrected chi connectivity index (χ4v) is 2.09. The second kappa shape index (κ2) is 6.61. The van der Waals surface area contributed by atoms with Crippen LogP contribution in [0.25, 0.3) is 0 Å². The van der Waals surface area contributed by atoms with Crippen LogP contribution in [-0.4, -0.2) is 12.5 Å². The molecule has 0 aliphatic rings. The molecule has 1 N–H and O–H groups in total. The fraction of sp³-hybridized carbons (Fsp3) is 0.133. The Bertz CT molecular complexity index is 614. The molecule has 1 amide bonds. The third-order valence-corrected chi connectivity index (χ3v) is 3.40. The SMILES string of the molecule is O=C(NCCc1ccc(F)cc1)c1ccc(F)c(Br)c1. The molecule has 2 rings (SSSR count). The van der Waals surface area contributed by atoms with Crippen molar-refractivity contribution >= 4 is 21.8 Å². The first kappa shape index (κ1) is 14.7. The Morgan fingerprint density at radius 2 is 1.80 bits per heavy atom. The van der Waals surface area contributed by atoms with Gasteiger partial charge in [0.05, 0.1) is 4.47 Å². The van der Waals surface area contributed by atoms with E-state index in [4.69, 9.17) is 0 Å². The van der Waals surface area contributed by atoms with Gasteiger partial charge in [-0.25, -0.2) is 8.78 Å². The average molecular weight is 340 g/mol. The number of halogens is 3. The van der Waals surface area contributed by atoms with E-state index in [2.05, 4.69) is 21.2 Å². The number of rotatable bonds is 4. The topological polar surface area (TPSA) is 29.1 Å². The summed E-state index contributed by atoms with van der Waals surface area (Å²) >= 11 is 3.04. The zero-order chi connectivity index (χ0) is 14.5. The van der Waals surface area contributed by atoms with Gasteiger partial charge in [0.15, 0.2) is 0 Å². The molecule has 2 aromatic rings. The Balaban J connectivity index is 1.88. The van der Waals surface area contributed by atoms with Gasteiger partial charge in [-0.1, -0.05) is 12.1 Å². The molecule has 0 unspecified atom stereocenters. The zero-order valence-electron chi connectivity index (χ0n) is 10.5. The maximum atomic E-state index is 13.1. The maximum Gasteiger partial charge on any atom is 0.251 e. The molecule has 0 aliphatic carbocycles. The lowest BCUT2D eigenvalue weighted by Gasteiger charge is -2.06. The van der Waals surface area contributed by atoms with E-state index < -0.39 is 5.82 Å². The summed E-state index contributed by atoms with van der Waals surface area (Å²) < 4.78 is 26.0. The number of hydrogen-bond acceptors (Lipinski definition) is 1. The van der Waals surface area contributed by atoms with Crippen LogP contribution in [0, 0.1) is 11.6 Å². The standard InChI is InChI=1S/C15H12BrF2NO/c16-13-9-11(3-6-14(13)18)15(20)19-8-7-10-1-4-12(17)5-2-10/h1-6,9H,7-8H2,(H,19,20). The second-order valence-electron chi connectivity index (χ2n) is 4.26. The molecule has 2 nitrogen and oxygen atoms in total. The molecule has 0 saturated carbocycles. The number of amides is 1. The highest BCUT2D eigenvalue weighted by Gasteiger charge is 2.07. The van der Waals surface area contributed by atoms with Crippen LogP contribution in [0.4, 0.5) is 8.78 Å². The summed E-state index contributed by atoms with van der Waals surface area (Å²) in [5.74, 6) is -0.963. The highest BCUT2D eigenvalue weighted by Crippen LogP contribution is 2.16. The van der Waals surface area contributed by atoms with Crippen molar-refractivity contribution < 1.29 is 13.6 Å². The van der Waals surface area contributed by atoms with E-state index in [1.165, 1.54) is 30.3 Å². The van der Waals surface area contributed by atoms with Crippen molar-refractivity contribution in [1.82, 2.24) is 5.32 Å². The summed E-state index contributed by atoms with van der Waals surface area (Å²) in [6.45, 7) is 0.430. The molecule has 0 fully saturated rings. The predicted molar refractivity (Wildman–Crippen MR) is 76.5 cm³/mol. The van der Waals surface area contributed by atoms with Crippen LogP contribution < -0.4 is 5.32 Å². The van der Waals surface area contributed by atoms with E-state index >= 15 is 0 Å². The molecule has 0 aliphatic heterocycles. The Morgan fingerprint density at radius 3 is 2.45 bits per heavy atom. The molecule has 5 heteroatoms. The van der Waals surface area contributed by atoms with Gasteiger partial charge in [-0.2, -0.15) is 0 Å². The van der Waals surface area contributed by atoms with Crippen LogP contribution in [0.3, 0.4) is 0 Å². The Morgan fingerprint density at radius 1 is 1.10 bits per heavy atom. The molecule has 0 bridgehead atoms. The van der Waals surface area contributed by atoms with Gasteiger partial charge < -0.3 is 5.32 Å². The van der Waals surface area contributed by atoms with Crippen LogP contribution in [-0.2, 0) is 6.42 Å². The number of benzene rings is 2. The molecule has 0 saturated heterocycles. The van der Waals surface area contributed by atoms with E-state index in [1.54, 1.807) is 12.1 Å². The molecule has 0 heterocycles. The monoisotopic (exact) mass is 339 g/mol. The van der Waals surface area contributed by atoms with Gasteiger partial charge in [0.1, 0.15) is 11.6 Å². The van der Waals surface area contributed by atoms with Crippen LogP contribution >= 0.6 is 15.9 Å². The van der Waals surface area contributed by atoms with Crippen molar-refractivity contribution in [3.8, 4) is 0 Å². The highest BCUT2D eigenvalue weighted by atomic mass is 79.9. The molecule has 20 heavy (non-hydrogen) atoms. The lowest BCUT2D eigenvalue weighted by molar-refractivity contribution is 0.0954. The average Bonchev–Trinajstić information content (AvgIpc) is 2.44. The van der Waals surface area contributed by atoms with E-state index in [-0.39, 0.29) is 16.2 Å². The second-order valence-corrected chi connectivity index (χ2v) is 5.12. The molecule has 0 radical (unpaired) electrons. The van der Waals surface area contributed by atoms with Gasteiger partial charge in [0, 0.05) is 12.1 Å². The van der Waals surface area contributed by atoms with Crippen LogP contribution in [0.15, 0.2) is 46.9 Å². The van der Waals surface area contributed by atoms with Crippen molar-refractivity contribution in [2.45, 2.75) is 6.42 Å². The smallest absolute Gasteiger partial charge is 0.251 e. The molecule has 0 spiro atoms. The third-order valence-electron chi connectivity index (χ3n) is 2.79. The maximum absolute atomic E-state index is 13.1. The van der Waals surface area contributed by atoms with Crippen molar-refractivity contribution in [3.63, 3.8) is 0 Å². The number of nitrogens with one attached hydrogen (secondary N) is 1. The van der Waals surface area contributed by atoms with Gasteiger partial charge >= 0.3 is 0 Å². The lowest BCUT2D eigenvalue weighted by Crippen LogP contribution is -2.25. The molecule has 2 aromatic carbocycles. The fourth-order valence-electron chi connectivity index (χ4n) is 1.71. The number of carbonyl (C=O) groups excluding carboxylic acids is 1. The quantitative estimate of drug-likeness (QED) is 0.904. The molecule has 104 valence electrons. The largest absolute Gasteiger partial charge is 0.352 e. The Hall–Kier alpha value is -1.75. The van der Waals surface area contributed by atoms with Crippen LogP contribution in [0.2, 0.25) is 0 Å². The summed E-state index contributed by atoms with van der Waals surface area (Å²) in [5.41, 5.74) is 1.32. The molecular formula is C15H12BrF2NO. The Kier molecular flexibility index (Phi) is 4.84. The van der Waals surface area contributed by atoms with Crippen molar-refractivity contribution in [2.75, 3.05) is 6.54 Å². The minimum absolute atomic E-state index is 0.253. The van der Waals surface area contributed by atoms with Gasteiger partial charge in [0.2, 0.25) is 0 Å². The minimum atomic E-state index is -0.409. The van der Waals surface area contributed by atoms with Crippen LogP contribution in [0.5, 0.6) is 0 Å². The van der Waals surface area contributed by atoms with Gasteiger partial charge in [-0.15, -0.1) is 0 Å². The summed E-state index contributed by atoms with van der Waals surface area (Å²) in [6, 6.07) is 10.2. The summed E-state index contributed by atoms with van der Waals surface area (Å²) in [5, 5.41) is 2.73. The zero-order valence-corrected chi connectivity index (χ0v) is 12.1. The van der Waals surface area contributed by atoms with E-state index in [0.29, 0.717) is 18.5 Å². The first-order chi connectivity index (χ1) is 9.56. The first-order valence-electron chi connectivity index (χ1n) is 6.04. The van der Waals surface area contributed by atoms with Crippen LogP contribution in [0.1, 0.15) is 15.9 Å². The summed E-state index contributed by atoms with van der Waals surface area (Å²) in [7, 11) is 0. The lowest BCUT2D eigenvalue weighted by atomic mass is 10.1. The third kappa shape index (κ3) is 3.87.